The van der Waals surface area contributed by atoms with Crippen molar-refractivity contribution in [3.05, 3.63) is 17.5 Å². The molecular weight excluding hydrogens is 224 g/mol. The average molecular weight is 241 g/mol. The van der Waals surface area contributed by atoms with Gasteiger partial charge in [0.2, 0.25) is 5.28 Å². The van der Waals surface area contributed by atoms with Gasteiger partial charge >= 0.3 is 0 Å². The van der Waals surface area contributed by atoms with Crippen LogP contribution in [0.4, 0.5) is 5.82 Å². The molecule has 1 aromatic heterocycles. The topological polar surface area (TPSA) is 32.3 Å². The first-order valence-electron chi connectivity index (χ1n) is 5.57. The van der Waals surface area contributed by atoms with Crippen molar-refractivity contribution in [1.82, 2.24) is 14.9 Å². The Bertz CT molecular complexity index is 348. The molecule has 16 heavy (non-hydrogen) atoms. The van der Waals surface area contributed by atoms with E-state index in [-0.39, 0.29) is 0 Å². The van der Waals surface area contributed by atoms with Crippen LogP contribution in [-0.4, -0.2) is 48.1 Å². The molecule has 4 nitrogen and oxygen atoms in total. The molecule has 2 rings (SSSR count). The highest BCUT2D eigenvalue weighted by Crippen LogP contribution is 2.20. The third-order valence-corrected chi connectivity index (χ3v) is 3.31. The zero-order chi connectivity index (χ0) is 11.5. The van der Waals surface area contributed by atoms with Crippen LogP contribution in [0.1, 0.15) is 12.8 Å². The minimum atomic E-state index is 0.326. The zero-order valence-corrected chi connectivity index (χ0v) is 10.5. The van der Waals surface area contributed by atoms with Crippen LogP contribution >= 0.6 is 11.6 Å². The van der Waals surface area contributed by atoms with E-state index >= 15 is 0 Å². The van der Waals surface area contributed by atoms with Crippen molar-refractivity contribution in [1.29, 1.82) is 0 Å². The molecule has 0 atom stereocenters. The maximum atomic E-state index is 5.79. The zero-order valence-electron chi connectivity index (χ0n) is 9.73. The van der Waals surface area contributed by atoms with E-state index in [0.717, 1.165) is 18.9 Å². The molecule has 0 unspecified atom stereocenters. The van der Waals surface area contributed by atoms with Crippen LogP contribution in [0.3, 0.4) is 0 Å². The Hall–Kier alpha value is -0.870. The van der Waals surface area contributed by atoms with E-state index in [1.807, 2.05) is 6.07 Å². The van der Waals surface area contributed by atoms with E-state index in [1.165, 1.54) is 12.8 Å². The lowest BCUT2D eigenvalue weighted by atomic mass is 10.0. The van der Waals surface area contributed by atoms with Gasteiger partial charge in [0.05, 0.1) is 0 Å². The van der Waals surface area contributed by atoms with Crippen LogP contribution in [0.15, 0.2) is 12.3 Å². The molecule has 1 fully saturated rings. The first kappa shape index (κ1) is 11.6. The highest BCUT2D eigenvalue weighted by atomic mass is 35.5. The number of piperidine rings is 1. The number of nitrogens with zero attached hydrogens (tertiary/aromatic N) is 4. The highest BCUT2D eigenvalue weighted by Gasteiger charge is 2.21. The summed E-state index contributed by atoms with van der Waals surface area (Å²) in [7, 11) is 4.28. The molecule has 1 saturated heterocycles. The predicted octanol–water partition coefficient (Wildman–Crippen LogP) is 1.66. The van der Waals surface area contributed by atoms with Crippen LogP contribution in [0.25, 0.3) is 0 Å². The maximum Gasteiger partial charge on any atom is 0.224 e. The summed E-state index contributed by atoms with van der Waals surface area (Å²) in [5.74, 6) is 0.942. The van der Waals surface area contributed by atoms with Gasteiger partial charge in [-0.05, 0) is 44.6 Å². The number of hydrogen-bond acceptors (Lipinski definition) is 4. The lowest BCUT2D eigenvalue weighted by molar-refractivity contribution is 0.249. The predicted molar refractivity (Wildman–Crippen MR) is 66.0 cm³/mol. The molecule has 0 saturated carbocycles. The first-order valence-corrected chi connectivity index (χ1v) is 5.94. The van der Waals surface area contributed by atoms with E-state index in [0.29, 0.717) is 11.3 Å². The third kappa shape index (κ3) is 2.62. The third-order valence-electron chi connectivity index (χ3n) is 3.13. The second-order valence-corrected chi connectivity index (χ2v) is 4.70. The van der Waals surface area contributed by atoms with Crippen LogP contribution in [0.2, 0.25) is 5.28 Å². The van der Waals surface area contributed by atoms with Gasteiger partial charge in [0.1, 0.15) is 5.82 Å². The molecule has 5 heteroatoms. The fourth-order valence-electron chi connectivity index (χ4n) is 2.11. The standard InChI is InChI=1S/C11H17ClN4/c1-15(2)9-4-7-16(8-5-9)10-3-6-13-11(12)14-10/h3,6,9H,4-5,7-8H2,1-2H3. The molecule has 0 aliphatic carbocycles. The average Bonchev–Trinajstić information content (AvgIpc) is 2.29. The number of halogens is 1. The molecule has 1 aliphatic heterocycles. The van der Waals surface area contributed by atoms with Crippen molar-refractivity contribution in [3.63, 3.8) is 0 Å². The van der Waals surface area contributed by atoms with Gasteiger partial charge in [0.15, 0.2) is 0 Å². The van der Waals surface area contributed by atoms with Crippen molar-refractivity contribution in [2.24, 2.45) is 0 Å². The number of aromatic nitrogens is 2. The summed E-state index contributed by atoms with van der Waals surface area (Å²) >= 11 is 5.79. The van der Waals surface area contributed by atoms with Crippen molar-refractivity contribution < 1.29 is 0 Å². The molecule has 0 amide bonds. The molecule has 0 radical (unpaired) electrons. The van der Waals surface area contributed by atoms with E-state index in [1.54, 1.807) is 6.20 Å². The van der Waals surface area contributed by atoms with E-state index < -0.39 is 0 Å². The maximum absolute atomic E-state index is 5.79. The van der Waals surface area contributed by atoms with Crippen molar-refractivity contribution in [2.45, 2.75) is 18.9 Å². The fraction of sp³-hybridized carbons (Fsp3) is 0.636. The summed E-state index contributed by atoms with van der Waals surface area (Å²) in [5, 5.41) is 0.326. The first-order chi connectivity index (χ1) is 7.66. The second-order valence-electron chi connectivity index (χ2n) is 4.37. The Labute approximate surface area is 101 Å². The van der Waals surface area contributed by atoms with Gasteiger partial charge in [-0.1, -0.05) is 0 Å². The quantitative estimate of drug-likeness (QED) is 0.736. The Kier molecular flexibility index (Phi) is 3.61. The molecule has 0 bridgehead atoms. The van der Waals surface area contributed by atoms with E-state index in [9.17, 15) is 0 Å². The largest absolute Gasteiger partial charge is 0.356 e. The SMILES string of the molecule is CN(C)C1CCN(c2ccnc(Cl)n2)CC1. The van der Waals surface area contributed by atoms with Gasteiger partial charge < -0.3 is 9.80 Å². The number of rotatable bonds is 2. The van der Waals surface area contributed by atoms with Crippen LogP contribution in [0.5, 0.6) is 0 Å². The Morgan fingerprint density at radius 3 is 2.62 bits per heavy atom. The summed E-state index contributed by atoms with van der Waals surface area (Å²) < 4.78 is 0. The van der Waals surface area contributed by atoms with E-state index in [2.05, 4.69) is 33.9 Å². The van der Waals surface area contributed by atoms with Crippen molar-refractivity contribution in [2.75, 3.05) is 32.1 Å². The molecule has 0 spiro atoms. The molecule has 2 heterocycles. The molecule has 1 aliphatic rings. The monoisotopic (exact) mass is 240 g/mol. The molecule has 0 N–H and O–H groups in total. The molecule has 1 aromatic rings. The highest BCUT2D eigenvalue weighted by molar-refractivity contribution is 6.28. The van der Waals surface area contributed by atoms with Crippen molar-refractivity contribution >= 4 is 17.4 Å². The van der Waals surface area contributed by atoms with Crippen LogP contribution in [-0.2, 0) is 0 Å². The lowest BCUT2D eigenvalue weighted by Crippen LogP contribution is -2.42. The molecule has 0 aromatic carbocycles. The van der Waals surface area contributed by atoms with Crippen LogP contribution < -0.4 is 4.90 Å². The summed E-state index contributed by atoms with van der Waals surface area (Å²) in [6.45, 7) is 2.08. The van der Waals surface area contributed by atoms with Gasteiger partial charge in [-0.2, -0.15) is 0 Å². The minimum Gasteiger partial charge on any atom is -0.356 e. The Morgan fingerprint density at radius 2 is 2.06 bits per heavy atom. The van der Waals surface area contributed by atoms with Gasteiger partial charge in [0.25, 0.3) is 0 Å². The van der Waals surface area contributed by atoms with Gasteiger partial charge in [-0.25, -0.2) is 9.97 Å². The normalized spacial score (nSPS) is 18.1. The van der Waals surface area contributed by atoms with Gasteiger partial charge in [0, 0.05) is 25.3 Å². The molecular formula is C11H17ClN4. The molecule has 88 valence electrons. The lowest BCUT2D eigenvalue weighted by Gasteiger charge is -2.35. The van der Waals surface area contributed by atoms with Crippen LogP contribution in [0, 0.1) is 0 Å². The van der Waals surface area contributed by atoms with Gasteiger partial charge in [-0.3, -0.25) is 0 Å². The van der Waals surface area contributed by atoms with Gasteiger partial charge in [-0.15, -0.1) is 0 Å². The number of hydrogen-bond donors (Lipinski definition) is 0. The summed E-state index contributed by atoms with van der Waals surface area (Å²) in [6.07, 6.45) is 4.06. The second kappa shape index (κ2) is 4.97. The fourth-order valence-corrected chi connectivity index (χ4v) is 2.26. The summed E-state index contributed by atoms with van der Waals surface area (Å²) in [4.78, 5) is 12.7. The summed E-state index contributed by atoms with van der Waals surface area (Å²) in [5.41, 5.74) is 0. The van der Waals surface area contributed by atoms with Crippen molar-refractivity contribution in [3.8, 4) is 0 Å². The summed E-state index contributed by atoms with van der Waals surface area (Å²) in [6, 6.07) is 2.61. The Balaban J connectivity index is 1.99. The Morgan fingerprint density at radius 1 is 1.38 bits per heavy atom. The van der Waals surface area contributed by atoms with E-state index in [4.69, 9.17) is 11.6 Å². The number of anilines is 1. The smallest absolute Gasteiger partial charge is 0.224 e. The minimum absolute atomic E-state index is 0.326.